The maximum Gasteiger partial charge on any atom is 0.224 e. The summed E-state index contributed by atoms with van der Waals surface area (Å²) in [6.07, 6.45) is 6.12. The Morgan fingerprint density at radius 2 is 2.53 bits per heavy atom. The maximum absolute atomic E-state index is 12.1. The number of carbonyl (C=O) groups excluding carboxylic acids is 1. The van der Waals surface area contributed by atoms with Gasteiger partial charge in [0.15, 0.2) is 0 Å². The van der Waals surface area contributed by atoms with Gasteiger partial charge in [-0.15, -0.1) is 0 Å². The van der Waals surface area contributed by atoms with E-state index in [9.17, 15) is 4.79 Å². The molecule has 1 aliphatic heterocycles. The molecule has 1 amide bonds. The van der Waals surface area contributed by atoms with Gasteiger partial charge in [-0.1, -0.05) is 6.07 Å². The summed E-state index contributed by atoms with van der Waals surface area (Å²) in [5.74, 6) is 0.159. The van der Waals surface area contributed by atoms with Crippen molar-refractivity contribution in [2.45, 2.75) is 38.3 Å². The molecule has 0 aromatic carbocycles. The van der Waals surface area contributed by atoms with E-state index in [0.29, 0.717) is 6.42 Å². The molecule has 2 heterocycles. The molecule has 4 nitrogen and oxygen atoms in total. The fourth-order valence-electron chi connectivity index (χ4n) is 2.38. The third kappa shape index (κ3) is 2.82. The molecule has 0 saturated carbocycles. The number of aromatic nitrogens is 1. The lowest BCUT2D eigenvalue weighted by Gasteiger charge is -2.25. The lowest BCUT2D eigenvalue weighted by molar-refractivity contribution is -0.132. The Hall–Kier alpha value is -1.42. The molecule has 0 bridgehead atoms. The van der Waals surface area contributed by atoms with Crippen LogP contribution in [-0.4, -0.2) is 28.4 Å². The van der Waals surface area contributed by atoms with Crippen molar-refractivity contribution in [3.63, 3.8) is 0 Å². The summed E-state index contributed by atoms with van der Waals surface area (Å²) in [5.41, 5.74) is 6.81. The second-order valence-electron chi connectivity index (χ2n) is 4.71. The molecule has 2 atom stereocenters. The van der Waals surface area contributed by atoms with Gasteiger partial charge >= 0.3 is 0 Å². The van der Waals surface area contributed by atoms with Crippen LogP contribution in [0, 0.1) is 0 Å². The van der Waals surface area contributed by atoms with Gasteiger partial charge in [0.2, 0.25) is 5.91 Å². The molecule has 4 heteroatoms. The van der Waals surface area contributed by atoms with Gasteiger partial charge in [-0.25, -0.2) is 0 Å². The van der Waals surface area contributed by atoms with E-state index in [1.807, 2.05) is 30.2 Å². The van der Waals surface area contributed by atoms with Crippen molar-refractivity contribution in [2.75, 3.05) is 6.54 Å². The smallest absolute Gasteiger partial charge is 0.224 e. The van der Waals surface area contributed by atoms with Crippen LogP contribution < -0.4 is 5.73 Å². The zero-order valence-electron chi connectivity index (χ0n) is 10.2. The second-order valence-corrected chi connectivity index (χ2v) is 4.71. The van der Waals surface area contributed by atoms with Crippen LogP contribution in [0.25, 0.3) is 0 Å². The number of carbonyl (C=O) groups is 1. The summed E-state index contributed by atoms with van der Waals surface area (Å²) in [6.45, 7) is 2.71. The first kappa shape index (κ1) is 12.0. The van der Waals surface area contributed by atoms with Crippen LogP contribution >= 0.6 is 0 Å². The van der Waals surface area contributed by atoms with E-state index in [1.165, 1.54) is 0 Å². The Bertz CT molecular complexity index is 378. The average Bonchev–Trinajstić information content (AvgIpc) is 2.78. The maximum atomic E-state index is 12.1. The van der Waals surface area contributed by atoms with Crippen molar-refractivity contribution < 1.29 is 4.79 Å². The molecule has 0 spiro atoms. The van der Waals surface area contributed by atoms with Crippen LogP contribution in [0.15, 0.2) is 24.5 Å². The number of amides is 1. The van der Waals surface area contributed by atoms with Crippen molar-refractivity contribution >= 4 is 5.91 Å². The average molecular weight is 233 g/mol. The number of pyridine rings is 1. The minimum Gasteiger partial charge on any atom is -0.336 e. The first-order valence-electron chi connectivity index (χ1n) is 6.13. The Balaban J connectivity index is 2.10. The van der Waals surface area contributed by atoms with Crippen LogP contribution in [-0.2, 0) is 4.79 Å². The minimum atomic E-state index is -0.0716. The molecule has 17 heavy (non-hydrogen) atoms. The molecular weight excluding hydrogens is 214 g/mol. The number of rotatable bonds is 3. The topological polar surface area (TPSA) is 59.2 Å². The molecule has 2 N–H and O–H groups in total. The fraction of sp³-hybridized carbons (Fsp3) is 0.538. The molecule has 1 aromatic rings. The van der Waals surface area contributed by atoms with E-state index in [4.69, 9.17) is 5.73 Å². The Morgan fingerprint density at radius 1 is 1.71 bits per heavy atom. The highest BCUT2D eigenvalue weighted by molar-refractivity contribution is 5.77. The molecule has 2 unspecified atom stereocenters. The highest BCUT2D eigenvalue weighted by Gasteiger charge is 2.29. The lowest BCUT2D eigenvalue weighted by Crippen LogP contribution is -2.34. The van der Waals surface area contributed by atoms with Crippen LogP contribution in [0.4, 0.5) is 0 Å². The zero-order valence-corrected chi connectivity index (χ0v) is 10.2. The van der Waals surface area contributed by atoms with Crippen molar-refractivity contribution in [1.82, 2.24) is 9.88 Å². The van der Waals surface area contributed by atoms with Gasteiger partial charge in [-0.05, 0) is 31.4 Å². The van der Waals surface area contributed by atoms with Crippen molar-refractivity contribution in [3.05, 3.63) is 30.1 Å². The number of nitrogens with zero attached hydrogens (tertiary/aromatic N) is 2. The molecule has 1 aromatic heterocycles. The summed E-state index contributed by atoms with van der Waals surface area (Å²) < 4.78 is 0. The quantitative estimate of drug-likeness (QED) is 0.860. The van der Waals surface area contributed by atoms with Gasteiger partial charge in [0.05, 0.1) is 6.04 Å². The monoisotopic (exact) mass is 233 g/mol. The zero-order chi connectivity index (χ0) is 12.3. The molecule has 2 rings (SSSR count). The third-order valence-corrected chi connectivity index (χ3v) is 3.14. The van der Waals surface area contributed by atoms with Crippen LogP contribution in [0.5, 0.6) is 0 Å². The molecule has 1 aliphatic rings. The van der Waals surface area contributed by atoms with Gasteiger partial charge in [-0.2, -0.15) is 0 Å². The predicted octanol–water partition coefficient (Wildman–Crippen LogP) is 1.48. The summed E-state index contributed by atoms with van der Waals surface area (Å²) in [6, 6.07) is 4.07. The van der Waals surface area contributed by atoms with Crippen LogP contribution in [0.1, 0.15) is 37.8 Å². The molecule has 0 radical (unpaired) electrons. The van der Waals surface area contributed by atoms with Gasteiger partial charge in [0.1, 0.15) is 0 Å². The standard InChI is InChI=1S/C13H19N3O/c1-10(14)8-13(17)16-7-3-5-12(16)11-4-2-6-15-9-11/h2,4,6,9-10,12H,3,5,7-8,14H2,1H3. The lowest BCUT2D eigenvalue weighted by atomic mass is 10.1. The Labute approximate surface area is 102 Å². The van der Waals surface area contributed by atoms with Gasteiger partial charge < -0.3 is 10.6 Å². The van der Waals surface area contributed by atoms with Gasteiger partial charge in [0.25, 0.3) is 0 Å². The second kappa shape index (κ2) is 5.27. The number of hydrogen-bond donors (Lipinski definition) is 1. The van der Waals surface area contributed by atoms with E-state index < -0.39 is 0 Å². The summed E-state index contributed by atoms with van der Waals surface area (Å²) in [5, 5.41) is 0. The van der Waals surface area contributed by atoms with Gasteiger partial charge in [0, 0.05) is 31.4 Å². The molecule has 1 saturated heterocycles. The molecule has 0 aliphatic carbocycles. The summed E-state index contributed by atoms with van der Waals surface area (Å²) in [7, 11) is 0. The Morgan fingerprint density at radius 3 is 3.18 bits per heavy atom. The SMILES string of the molecule is CC(N)CC(=O)N1CCCC1c1cccnc1. The van der Waals surface area contributed by atoms with E-state index in [0.717, 1.165) is 24.9 Å². The number of likely N-dealkylation sites (tertiary alicyclic amines) is 1. The van der Waals surface area contributed by atoms with Crippen LogP contribution in [0.3, 0.4) is 0 Å². The number of nitrogens with two attached hydrogens (primary N) is 1. The summed E-state index contributed by atoms with van der Waals surface area (Å²) >= 11 is 0. The molecule has 92 valence electrons. The van der Waals surface area contributed by atoms with Crippen molar-refractivity contribution in [3.8, 4) is 0 Å². The Kier molecular flexibility index (Phi) is 3.74. The minimum absolute atomic E-state index is 0.0716. The van der Waals surface area contributed by atoms with E-state index in [1.54, 1.807) is 6.20 Å². The first-order chi connectivity index (χ1) is 8.18. The highest BCUT2D eigenvalue weighted by atomic mass is 16.2. The normalized spacial score (nSPS) is 21.5. The molecular formula is C13H19N3O. The fourth-order valence-corrected chi connectivity index (χ4v) is 2.38. The van der Waals surface area contributed by atoms with Crippen molar-refractivity contribution in [2.24, 2.45) is 5.73 Å². The first-order valence-corrected chi connectivity index (χ1v) is 6.13. The third-order valence-electron chi connectivity index (χ3n) is 3.14. The van der Waals surface area contributed by atoms with E-state index >= 15 is 0 Å². The van der Waals surface area contributed by atoms with Crippen LogP contribution in [0.2, 0.25) is 0 Å². The molecule has 1 fully saturated rings. The number of hydrogen-bond acceptors (Lipinski definition) is 3. The predicted molar refractivity (Wildman–Crippen MR) is 66.2 cm³/mol. The van der Waals surface area contributed by atoms with Gasteiger partial charge in [-0.3, -0.25) is 9.78 Å². The van der Waals surface area contributed by atoms with Crippen molar-refractivity contribution in [1.29, 1.82) is 0 Å². The highest BCUT2D eigenvalue weighted by Crippen LogP contribution is 2.31. The summed E-state index contributed by atoms with van der Waals surface area (Å²) in [4.78, 5) is 18.1. The van der Waals surface area contributed by atoms with E-state index in [-0.39, 0.29) is 18.0 Å². The van der Waals surface area contributed by atoms with E-state index in [2.05, 4.69) is 4.98 Å². The largest absolute Gasteiger partial charge is 0.336 e.